The molecule has 0 fully saturated rings. The second-order valence-corrected chi connectivity index (χ2v) is 15.3. The summed E-state index contributed by atoms with van der Waals surface area (Å²) in [6, 6.07) is 63.0. The maximum absolute atomic E-state index is 2.48. The van der Waals surface area contributed by atoms with Gasteiger partial charge in [0.05, 0.1) is 0 Å². The van der Waals surface area contributed by atoms with Gasteiger partial charge in [-0.25, -0.2) is 0 Å². The van der Waals surface area contributed by atoms with Gasteiger partial charge in [0.2, 0.25) is 0 Å². The van der Waals surface area contributed by atoms with Gasteiger partial charge in [0.15, 0.2) is 0 Å². The molecule has 0 saturated carbocycles. The van der Waals surface area contributed by atoms with Gasteiger partial charge in [-0.05, 0) is 90.6 Å². The minimum absolute atomic E-state index is 1.24. The average Bonchev–Trinajstić information content (AvgIpc) is 3.75. The largest absolute Gasteiger partial charge is 0.135 e. The molecule has 2 heteroatoms. The Bertz CT molecular complexity index is 3080. The number of fused-ring (bicyclic) bond motifs is 11. The van der Waals surface area contributed by atoms with Crippen molar-refractivity contribution >= 4 is 95.3 Å². The van der Waals surface area contributed by atoms with E-state index in [1.54, 1.807) is 0 Å². The minimum Gasteiger partial charge on any atom is -0.135 e. The van der Waals surface area contributed by atoms with Crippen LogP contribution in [0, 0.1) is 0 Å². The molecule has 0 bridgehead atoms. The Labute approximate surface area is 297 Å². The van der Waals surface area contributed by atoms with Crippen LogP contribution in [0.4, 0.5) is 0 Å². The van der Waals surface area contributed by atoms with E-state index in [1.165, 1.54) is 106 Å². The summed E-state index contributed by atoms with van der Waals surface area (Å²) in [7, 11) is 0. The minimum atomic E-state index is 1.24. The highest BCUT2D eigenvalue weighted by Gasteiger charge is 2.20. The highest BCUT2D eigenvalue weighted by Crippen LogP contribution is 2.49. The van der Waals surface area contributed by atoms with Crippen LogP contribution in [-0.2, 0) is 0 Å². The van der Waals surface area contributed by atoms with E-state index in [4.69, 9.17) is 0 Å². The zero-order valence-corrected chi connectivity index (χ0v) is 28.6. The molecule has 0 spiro atoms. The molecule has 0 N–H and O–H groups in total. The Morgan fingerprint density at radius 1 is 0.280 bits per heavy atom. The molecule has 0 atom stereocenters. The van der Waals surface area contributed by atoms with Gasteiger partial charge >= 0.3 is 0 Å². The van der Waals surface area contributed by atoms with Crippen molar-refractivity contribution in [3.63, 3.8) is 0 Å². The fraction of sp³-hybridized carbons (Fsp3) is 0. The summed E-state index contributed by atoms with van der Waals surface area (Å²) >= 11 is 3.83. The summed E-state index contributed by atoms with van der Waals surface area (Å²) in [5, 5.41) is 13.2. The molecule has 0 saturated heterocycles. The van der Waals surface area contributed by atoms with Gasteiger partial charge in [0.1, 0.15) is 0 Å². The first-order valence-electron chi connectivity index (χ1n) is 17.1. The Morgan fingerprint density at radius 2 is 0.780 bits per heavy atom. The maximum atomic E-state index is 2.48. The second kappa shape index (κ2) is 10.9. The van der Waals surface area contributed by atoms with E-state index in [2.05, 4.69) is 170 Å². The lowest BCUT2D eigenvalue weighted by molar-refractivity contribution is 1.64. The van der Waals surface area contributed by atoms with Gasteiger partial charge in [-0.3, -0.25) is 0 Å². The van der Waals surface area contributed by atoms with Crippen LogP contribution >= 0.6 is 22.7 Å². The van der Waals surface area contributed by atoms with Crippen molar-refractivity contribution in [3.8, 4) is 33.4 Å². The number of hydrogen-bond acceptors (Lipinski definition) is 2. The monoisotopic (exact) mass is 668 g/mol. The van der Waals surface area contributed by atoms with E-state index < -0.39 is 0 Å². The average molecular weight is 669 g/mol. The predicted molar refractivity (Wildman–Crippen MR) is 221 cm³/mol. The van der Waals surface area contributed by atoms with Crippen LogP contribution in [0.2, 0.25) is 0 Å². The van der Waals surface area contributed by atoms with Crippen LogP contribution in [-0.4, -0.2) is 0 Å². The van der Waals surface area contributed by atoms with E-state index in [9.17, 15) is 0 Å². The van der Waals surface area contributed by atoms with Gasteiger partial charge in [0.25, 0.3) is 0 Å². The van der Waals surface area contributed by atoms with Crippen molar-refractivity contribution in [2.75, 3.05) is 0 Å². The molecule has 2 heterocycles. The van der Waals surface area contributed by atoms with E-state index in [-0.39, 0.29) is 0 Å². The number of rotatable bonds is 3. The maximum Gasteiger partial charge on any atom is 0.0434 e. The van der Waals surface area contributed by atoms with Crippen LogP contribution in [0.25, 0.3) is 106 Å². The predicted octanol–water partition coefficient (Wildman–Crippen LogP) is 14.9. The van der Waals surface area contributed by atoms with Gasteiger partial charge in [-0.15, -0.1) is 22.7 Å². The zero-order chi connectivity index (χ0) is 32.8. The van der Waals surface area contributed by atoms with Crippen molar-refractivity contribution in [2.24, 2.45) is 0 Å². The van der Waals surface area contributed by atoms with E-state index in [1.807, 2.05) is 22.7 Å². The van der Waals surface area contributed by atoms with Gasteiger partial charge in [-0.1, -0.05) is 140 Å². The van der Waals surface area contributed by atoms with E-state index in [0.717, 1.165) is 0 Å². The quantitative estimate of drug-likeness (QED) is 0.164. The standard InChI is InChI=1S/C48H28S2/c1-2-13-29(14-3-1)44-33-18-5-7-20-35(33)45(36-21-8-6-19-34(36)44)31-16-12-15-30(27-31)39-28-40-47-43(50-48(40)37-22-9-4-17-32(37)39)26-25-42-46(47)38-23-10-11-24-41(38)49-42/h1-28H. The molecule has 0 amide bonds. The van der Waals surface area contributed by atoms with Crippen LogP contribution < -0.4 is 0 Å². The summed E-state index contributed by atoms with van der Waals surface area (Å²) in [5.41, 5.74) is 7.58. The Kier molecular flexibility index (Phi) is 6.09. The van der Waals surface area contributed by atoms with Gasteiger partial charge < -0.3 is 0 Å². The van der Waals surface area contributed by atoms with Crippen LogP contribution in [0.5, 0.6) is 0 Å². The lowest BCUT2D eigenvalue weighted by Gasteiger charge is -2.18. The van der Waals surface area contributed by atoms with Crippen LogP contribution in [0.15, 0.2) is 170 Å². The number of hydrogen-bond donors (Lipinski definition) is 0. The molecule has 11 rings (SSSR count). The van der Waals surface area contributed by atoms with Crippen molar-refractivity contribution in [1.82, 2.24) is 0 Å². The zero-order valence-electron chi connectivity index (χ0n) is 27.0. The van der Waals surface area contributed by atoms with Crippen molar-refractivity contribution in [3.05, 3.63) is 170 Å². The highest BCUT2D eigenvalue weighted by molar-refractivity contribution is 7.28. The third-order valence-electron chi connectivity index (χ3n) is 10.4. The highest BCUT2D eigenvalue weighted by atomic mass is 32.1. The molecule has 0 aliphatic carbocycles. The Hall–Kier alpha value is -5.80. The molecular weight excluding hydrogens is 641 g/mol. The molecule has 2 aromatic heterocycles. The molecule has 0 radical (unpaired) electrons. The number of benzene rings is 9. The Balaban J connectivity index is 1.21. The Morgan fingerprint density at radius 3 is 1.48 bits per heavy atom. The summed E-state index contributed by atoms with van der Waals surface area (Å²) in [6.07, 6.45) is 0. The molecule has 0 unspecified atom stereocenters. The molecule has 0 aliphatic rings. The number of thiophene rings is 2. The first kappa shape index (κ1) is 28.1. The summed E-state index contributed by atoms with van der Waals surface area (Å²) in [5.74, 6) is 0. The third-order valence-corrected chi connectivity index (χ3v) is 12.8. The first-order chi connectivity index (χ1) is 24.8. The topological polar surface area (TPSA) is 0 Å². The van der Waals surface area contributed by atoms with E-state index >= 15 is 0 Å². The molecule has 50 heavy (non-hydrogen) atoms. The van der Waals surface area contributed by atoms with Gasteiger partial charge in [-0.2, -0.15) is 0 Å². The SMILES string of the molecule is c1ccc(-c2c3ccccc3c(-c3cccc(-c4cc5c(sc6ccc7sc8ccccc8c7c65)c5ccccc45)c3)c3ccccc23)cc1. The molecule has 11 aromatic rings. The fourth-order valence-electron chi connectivity index (χ4n) is 8.34. The lowest BCUT2D eigenvalue weighted by atomic mass is 9.85. The third kappa shape index (κ3) is 4.04. The first-order valence-corrected chi connectivity index (χ1v) is 18.7. The molecule has 232 valence electrons. The molecule has 9 aromatic carbocycles. The van der Waals surface area contributed by atoms with Gasteiger partial charge in [0, 0.05) is 45.7 Å². The van der Waals surface area contributed by atoms with Crippen molar-refractivity contribution in [1.29, 1.82) is 0 Å². The summed E-state index contributed by atoms with van der Waals surface area (Å²) in [4.78, 5) is 0. The fourth-order valence-corrected chi connectivity index (χ4v) is 10.7. The second-order valence-electron chi connectivity index (χ2n) is 13.1. The van der Waals surface area contributed by atoms with E-state index in [0.29, 0.717) is 0 Å². The summed E-state index contributed by atoms with van der Waals surface area (Å²) < 4.78 is 5.42. The smallest absolute Gasteiger partial charge is 0.0434 e. The van der Waals surface area contributed by atoms with Crippen molar-refractivity contribution in [2.45, 2.75) is 0 Å². The summed E-state index contributed by atoms with van der Waals surface area (Å²) in [6.45, 7) is 0. The normalized spacial score (nSPS) is 12.0. The molecular formula is C48H28S2. The lowest BCUT2D eigenvalue weighted by Crippen LogP contribution is -1.91. The molecule has 0 nitrogen and oxygen atoms in total. The van der Waals surface area contributed by atoms with Crippen LogP contribution in [0.1, 0.15) is 0 Å². The molecule has 0 aliphatic heterocycles. The van der Waals surface area contributed by atoms with Crippen LogP contribution in [0.3, 0.4) is 0 Å². The van der Waals surface area contributed by atoms with Crippen molar-refractivity contribution < 1.29 is 0 Å².